The Hall–Kier alpha value is -2.14. The summed E-state index contributed by atoms with van der Waals surface area (Å²) in [6, 6.07) is 6.55. The summed E-state index contributed by atoms with van der Waals surface area (Å²) in [7, 11) is 0. The van der Waals surface area contributed by atoms with Crippen LogP contribution in [0.2, 0.25) is 0 Å². The number of rotatable bonds is 2. The Morgan fingerprint density at radius 1 is 1.35 bits per heavy atom. The average molecular weight is 245 g/mol. The van der Waals surface area contributed by atoms with Crippen molar-refractivity contribution in [3.63, 3.8) is 0 Å². The predicted molar refractivity (Wildman–Crippen MR) is 64.3 cm³/mol. The van der Waals surface area contributed by atoms with Gasteiger partial charge < -0.3 is 9.52 Å². The lowest BCUT2D eigenvalue weighted by molar-refractivity contribution is 0.0697. The lowest BCUT2D eigenvalue weighted by Gasteiger charge is -1.91. The molecule has 4 nitrogen and oxygen atoms in total. The Morgan fingerprint density at radius 3 is 2.94 bits per heavy atom. The van der Waals surface area contributed by atoms with E-state index in [1.165, 1.54) is 12.1 Å². The largest absolute Gasteiger partial charge is 0.478 e. The molecule has 0 bridgehead atoms. The van der Waals surface area contributed by atoms with Crippen molar-refractivity contribution in [2.24, 2.45) is 0 Å². The van der Waals surface area contributed by atoms with Gasteiger partial charge in [0.25, 0.3) is 0 Å². The van der Waals surface area contributed by atoms with Crippen molar-refractivity contribution in [2.45, 2.75) is 0 Å². The van der Waals surface area contributed by atoms with Crippen LogP contribution in [-0.2, 0) is 0 Å². The number of fused-ring (bicyclic) bond motifs is 1. The second-order valence-electron chi connectivity index (χ2n) is 3.52. The predicted octanol–water partition coefficient (Wildman–Crippen LogP) is 3.25. The number of carboxylic acid groups (broad SMARTS) is 1. The van der Waals surface area contributed by atoms with Crippen LogP contribution in [0.5, 0.6) is 0 Å². The fourth-order valence-electron chi connectivity index (χ4n) is 1.57. The van der Waals surface area contributed by atoms with Crippen LogP contribution >= 0.6 is 11.3 Å². The highest BCUT2D eigenvalue weighted by atomic mass is 32.1. The normalized spacial score (nSPS) is 10.8. The molecule has 0 aliphatic carbocycles. The molecule has 1 aromatic carbocycles. The van der Waals surface area contributed by atoms with Crippen molar-refractivity contribution in [3.8, 4) is 11.5 Å². The SMILES string of the molecule is O=C(O)c1ccc2oc(-c3ccsc3)nc2c1. The molecule has 0 spiro atoms. The molecule has 3 aromatic rings. The lowest BCUT2D eigenvalue weighted by atomic mass is 10.2. The molecule has 2 aromatic heterocycles. The van der Waals surface area contributed by atoms with Crippen LogP contribution in [-0.4, -0.2) is 16.1 Å². The third kappa shape index (κ3) is 1.70. The van der Waals surface area contributed by atoms with E-state index in [1.807, 2.05) is 16.8 Å². The second kappa shape index (κ2) is 3.71. The summed E-state index contributed by atoms with van der Waals surface area (Å²) in [6.45, 7) is 0. The number of hydrogen-bond acceptors (Lipinski definition) is 4. The minimum absolute atomic E-state index is 0.211. The maximum atomic E-state index is 10.8. The fourth-order valence-corrected chi connectivity index (χ4v) is 2.20. The van der Waals surface area contributed by atoms with Gasteiger partial charge in [-0.25, -0.2) is 9.78 Å². The number of thiophene rings is 1. The quantitative estimate of drug-likeness (QED) is 0.752. The molecule has 3 rings (SSSR count). The number of nitrogens with zero attached hydrogens (tertiary/aromatic N) is 1. The van der Waals surface area contributed by atoms with E-state index in [9.17, 15) is 4.79 Å². The van der Waals surface area contributed by atoms with Crippen LogP contribution in [0.4, 0.5) is 0 Å². The zero-order valence-corrected chi connectivity index (χ0v) is 9.40. The van der Waals surface area contributed by atoms with Crippen molar-refractivity contribution in [1.82, 2.24) is 4.98 Å². The van der Waals surface area contributed by atoms with Gasteiger partial charge in [-0.15, -0.1) is 0 Å². The van der Waals surface area contributed by atoms with Crippen molar-refractivity contribution < 1.29 is 14.3 Å². The molecule has 2 heterocycles. The van der Waals surface area contributed by atoms with Gasteiger partial charge in [-0.05, 0) is 29.6 Å². The second-order valence-corrected chi connectivity index (χ2v) is 4.30. The third-order valence-corrected chi connectivity index (χ3v) is 3.09. The Labute approximate surface area is 100 Å². The van der Waals surface area contributed by atoms with Crippen LogP contribution in [0.15, 0.2) is 39.4 Å². The van der Waals surface area contributed by atoms with Gasteiger partial charge in [-0.1, -0.05) is 0 Å². The first kappa shape index (κ1) is 10.0. The minimum atomic E-state index is -0.966. The van der Waals surface area contributed by atoms with E-state index >= 15 is 0 Å². The van der Waals surface area contributed by atoms with Crippen LogP contribution < -0.4 is 0 Å². The van der Waals surface area contributed by atoms with Gasteiger partial charge in [0.2, 0.25) is 5.89 Å². The highest BCUT2D eigenvalue weighted by Gasteiger charge is 2.11. The monoisotopic (exact) mass is 245 g/mol. The van der Waals surface area contributed by atoms with Crippen LogP contribution in [0, 0.1) is 0 Å². The fraction of sp³-hybridized carbons (Fsp3) is 0. The number of aromatic carboxylic acids is 1. The zero-order valence-electron chi connectivity index (χ0n) is 8.58. The summed E-state index contributed by atoms with van der Waals surface area (Å²) in [4.78, 5) is 15.1. The van der Waals surface area contributed by atoms with Crippen molar-refractivity contribution in [1.29, 1.82) is 0 Å². The Bertz CT molecular complexity index is 685. The molecule has 17 heavy (non-hydrogen) atoms. The van der Waals surface area contributed by atoms with Crippen molar-refractivity contribution in [2.75, 3.05) is 0 Å². The van der Waals surface area contributed by atoms with E-state index in [1.54, 1.807) is 17.4 Å². The van der Waals surface area contributed by atoms with Gasteiger partial charge in [0, 0.05) is 10.9 Å². The number of carboxylic acids is 1. The number of hydrogen-bond donors (Lipinski definition) is 1. The van der Waals surface area contributed by atoms with Crippen LogP contribution in [0.25, 0.3) is 22.6 Å². The van der Waals surface area contributed by atoms with Crippen LogP contribution in [0.3, 0.4) is 0 Å². The number of carbonyl (C=O) groups is 1. The molecule has 0 aliphatic heterocycles. The summed E-state index contributed by atoms with van der Waals surface area (Å²) in [5, 5.41) is 12.7. The van der Waals surface area contributed by atoms with Crippen LogP contribution in [0.1, 0.15) is 10.4 Å². The third-order valence-electron chi connectivity index (χ3n) is 2.40. The molecule has 0 atom stereocenters. The molecule has 0 unspecified atom stereocenters. The smallest absolute Gasteiger partial charge is 0.335 e. The average Bonchev–Trinajstić information content (AvgIpc) is 2.96. The number of aromatic nitrogens is 1. The number of benzene rings is 1. The summed E-state index contributed by atoms with van der Waals surface area (Å²) in [6.07, 6.45) is 0. The minimum Gasteiger partial charge on any atom is -0.478 e. The maximum absolute atomic E-state index is 10.8. The van der Waals surface area contributed by atoms with Gasteiger partial charge >= 0.3 is 5.97 Å². The highest BCUT2D eigenvalue weighted by molar-refractivity contribution is 7.08. The molecule has 5 heteroatoms. The van der Waals surface area contributed by atoms with Gasteiger partial charge in [-0.3, -0.25) is 0 Å². The first-order valence-electron chi connectivity index (χ1n) is 4.90. The van der Waals surface area contributed by atoms with Crippen molar-refractivity contribution in [3.05, 3.63) is 40.6 Å². The van der Waals surface area contributed by atoms with E-state index in [0.717, 1.165) is 5.56 Å². The molecule has 0 amide bonds. The summed E-state index contributed by atoms with van der Waals surface area (Å²) >= 11 is 1.56. The zero-order chi connectivity index (χ0) is 11.8. The maximum Gasteiger partial charge on any atom is 0.335 e. The molecule has 0 saturated carbocycles. The molecular weight excluding hydrogens is 238 g/mol. The van der Waals surface area contributed by atoms with E-state index in [-0.39, 0.29) is 5.56 Å². The summed E-state index contributed by atoms with van der Waals surface area (Å²) < 4.78 is 5.55. The highest BCUT2D eigenvalue weighted by Crippen LogP contribution is 2.26. The van der Waals surface area contributed by atoms with Gasteiger partial charge in [-0.2, -0.15) is 11.3 Å². The number of oxazole rings is 1. The molecule has 0 radical (unpaired) electrons. The topological polar surface area (TPSA) is 63.3 Å². The van der Waals surface area contributed by atoms with Gasteiger partial charge in [0.05, 0.1) is 5.56 Å². The van der Waals surface area contributed by atoms with E-state index in [4.69, 9.17) is 9.52 Å². The van der Waals surface area contributed by atoms with Crippen molar-refractivity contribution >= 4 is 28.4 Å². The van der Waals surface area contributed by atoms with Gasteiger partial charge in [0.1, 0.15) is 5.52 Å². The molecule has 1 N–H and O–H groups in total. The summed E-state index contributed by atoms with van der Waals surface area (Å²) in [5.41, 5.74) is 2.27. The van der Waals surface area contributed by atoms with Gasteiger partial charge in [0.15, 0.2) is 5.58 Å². The van der Waals surface area contributed by atoms with E-state index < -0.39 is 5.97 Å². The Morgan fingerprint density at radius 2 is 2.24 bits per heavy atom. The Balaban J connectivity index is 2.16. The Kier molecular flexibility index (Phi) is 2.19. The molecule has 0 saturated heterocycles. The van der Waals surface area contributed by atoms with E-state index in [2.05, 4.69) is 4.98 Å². The molecule has 84 valence electrons. The standard InChI is InChI=1S/C12H7NO3S/c14-12(15)7-1-2-10-9(5-7)13-11(16-10)8-3-4-17-6-8/h1-6H,(H,14,15). The lowest BCUT2D eigenvalue weighted by Crippen LogP contribution is -1.94. The summed E-state index contributed by atoms with van der Waals surface area (Å²) in [5.74, 6) is -0.448. The first-order valence-corrected chi connectivity index (χ1v) is 5.85. The molecule has 0 fully saturated rings. The molecule has 0 aliphatic rings. The molecular formula is C12H7NO3S. The van der Waals surface area contributed by atoms with E-state index in [0.29, 0.717) is 17.0 Å². The first-order chi connectivity index (χ1) is 8.24.